The van der Waals surface area contributed by atoms with E-state index in [1.54, 1.807) is 18.2 Å². The molecule has 0 saturated carbocycles. The molecule has 1 amide bonds. The average Bonchev–Trinajstić information content (AvgIpc) is 3.33. The first-order valence-corrected chi connectivity index (χ1v) is 12.9. The number of likely N-dealkylation sites (tertiary alicyclic amines) is 1. The van der Waals surface area contributed by atoms with Gasteiger partial charge < -0.3 is 9.42 Å². The van der Waals surface area contributed by atoms with Crippen molar-refractivity contribution in [3.05, 3.63) is 70.0 Å². The third-order valence-electron chi connectivity index (χ3n) is 6.79. The zero-order valence-corrected chi connectivity index (χ0v) is 21.1. The molecule has 5 rings (SSSR count). The molecule has 7 nitrogen and oxygen atoms in total. The molecule has 2 aromatic carbocycles. The summed E-state index contributed by atoms with van der Waals surface area (Å²) < 4.78 is 5.48. The first kappa shape index (κ1) is 24.3. The Bertz CT molecular complexity index is 1150. The molecule has 2 fully saturated rings. The van der Waals surface area contributed by atoms with Crippen LogP contribution in [0.25, 0.3) is 11.4 Å². The van der Waals surface area contributed by atoms with Gasteiger partial charge in [0.25, 0.3) is 0 Å². The maximum Gasteiger partial charge on any atom is 0.241 e. The van der Waals surface area contributed by atoms with Crippen LogP contribution in [0.5, 0.6) is 0 Å². The van der Waals surface area contributed by atoms with Crippen molar-refractivity contribution in [1.29, 1.82) is 0 Å². The fraction of sp³-hybridized carbons (Fsp3) is 0.423. The van der Waals surface area contributed by atoms with Crippen LogP contribution < -0.4 is 0 Å². The summed E-state index contributed by atoms with van der Waals surface area (Å²) in [6, 6.07) is 15.7. The second-order valence-corrected chi connectivity index (χ2v) is 10.1. The standard InChI is InChI=1S/C26H29Cl2N5O2/c27-21-8-9-22(23(28)15-21)25-29-24(35-30-25)18-32-10-4-7-20(17-32)26(34)33-13-11-31(12-14-33)16-19-5-2-1-3-6-19/h1-3,5-6,8-9,15,20H,4,7,10-14,16-18H2. The maximum absolute atomic E-state index is 13.3. The minimum Gasteiger partial charge on any atom is -0.340 e. The zero-order chi connectivity index (χ0) is 24.2. The lowest BCUT2D eigenvalue weighted by molar-refractivity contribution is -0.139. The molecule has 1 aromatic heterocycles. The number of hydrogen-bond donors (Lipinski definition) is 0. The largest absolute Gasteiger partial charge is 0.340 e. The number of carbonyl (C=O) groups is 1. The number of rotatable bonds is 6. The van der Waals surface area contributed by atoms with Crippen LogP contribution >= 0.6 is 23.2 Å². The Kier molecular flexibility index (Phi) is 7.68. The topological polar surface area (TPSA) is 65.7 Å². The number of hydrogen-bond acceptors (Lipinski definition) is 6. The van der Waals surface area contributed by atoms with E-state index in [2.05, 4.69) is 44.2 Å². The van der Waals surface area contributed by atoms with Gasteiger partial charge in [-0.25, -0.2) is 0 Å². The molecule has 3 heterocycles. The average molecular weight is 514 g/mol. The van der Waals surface area contributed by atoms with E-state index in [1.165, 1.54) is 5.56 Å². The zero-order valence-electron chi connectivity index (χ0n) is 19.6. The molecule has 0 aliphatic carbocycles. The fourth-order valence-electron chi connectivity index (χ4n) is 4.92. The van der Waals surface area contributed by atoms with E-state index >= 15 is 0 Å². The summed E-state index contributed by atoms with van der Waals surface area (Å²) in [7, 11) is 0. The lowest BCUT2D eigenvalue weighted by Gasteiger charge is -2.38. The van der Waals surface area contributed by atoms with E-state index < -0.39 is 0 Å². The second kappa shape index (κ2) is 11.1. The molecule has 0 radical (unpaired) electrons. The lowest BCUT2D eigenvalue weighted by Crippen LogP contribution is -2.52. The summed E-state index contributed by atoms with van der Waals surface area (Å²) in [6.45, 7) is 6.48. The normalized spacial score (nSPS) is 19.7. The lowest BCUT2D eigenvalue weighted by atomic mass is 9.96. The van der Waals surface area contributed by atoms with E-state index in [0.717, 1.165) is 52.1 Å². The van der Waals surface area contributed by atoms with Crippen molar-refractivity contribution < 1.29 is 9.32 Å². The van der Waals surface area contributed by atoms with Gasteiger partial charge in [-0.2, -0.15) is 4.98 Å². The van der Waals surface area contributed by atoms with Gasteiger partial charge in [0.2, 0.25) is 17.6 Å². The van der Waals surface area contributed by atoms with Gasteiger partial charge in [-0.15, -0.1) is 0 Å². The van der Waals surface area contributed by atoms with Crippen LogP contribution in [0.2, 0.25) is 10.0 Å². The molecule has 1 atom stereocenters. The predicted molar refractivity (Wildman–Crippen MR) is 136 cm³/mol. The molecule has 1 unspecified atom stereocenters. The monoisotopic (exact) mass is 513 g/mol. The second-order valence-electron chi connectivity index (χ2n) is 9.30. The number of nitrogens with zero attached hydrogens (tertiary/aromatic N) is 5. The summed E-state index contributed by atoms with van der Waals surface area (Å²) in [6.07, 6.45) is 1.91. The molecule has 9 heteroatoms. The van der Waals surface area contributed by atoms with Crippen LogP contribution in [0.15, 0.2) is 53.1 Å². The van der Waals surface area contributed by atoms with Gasteiger partial charge in [0.15, 0.2) is 0 Å². The number of benzene rings is 2. The molecule has 0 spiro atoms. The van der Waals surface area contributed by atoms with E-state index in [1.807, 2.05) is 11.0 Å². The number of piperazine rings is 1. The van der Waals surface area contributed by atoms with Crippen LogP contribution in [0.1, 0.15) is 24.3 Å². The number of aromatic nitrogens is 2. The van der Waals surface area contributed by atoms with Crippen molar-refractivity contribution in [2.45, 2.75) is 25.9 Å². The van der Waals surface area contributed by atoms with Gasteiger partial charge in [0, 0.05) is 49.9 Å². The van der Waals surface area contributed by atoms with Crippen molar-refractivity contribution >= 4 is 29.1 Å². The van der Waals surface area contributed by atoms with Crippen molar-refractivity contribution in [3.63, 3.8) is 0 Å². The van der Waals surface area contributed by atoms with Crippen LogP contribution in [0.4, 0.5) is 0 Å². The number of carbonyl (C=O) groups excluding carboxylic acids is 1. The Labute approximate surface area is 215 Å². The first-order chi connectivity index (χ1) is 17.0. The molecule has 0 N–H and O–H groups in total. The number of halogens is 2. The van der Waals surface area contributed by atoms with Gasteiger partial charge in [-0.05, 0) is 43.1 Å². The third kappa shape index (κ3) is 6.04. The Morgan fingerprint density at radius 2 is 1.77 bits per heavy atom. The number of piperidine rings is 1. The minimum absolute atomic E-state index is 0.0116. The summed E-state index contributed by atoms with van der Waals surface area (Å²) in [5.41, 5.74) is 2.00. The summed E-state index contributed by atoms with van der Waals surface area (Å²) in [5.74, 6) is 1.25. The Balaban J connectivity index is 1.13. The minimum atomic E-state index is 0.0116. The smallest absolute Gasteiger partial charge is 0.241 e. The van der Waals surface area contributed by atoms with Gasteiger partial charge in [0.05, 0.1) is 17.5 Å². The summed E-state index contributed by atoms with van der Waals surface area (Å²) >= 11 is 12.3. The molecule has 2 saturated heterocycles. The van der Waals surface area contributed by atoms with Gasteiger partial charge >= 0.3 is 0 Å². The Hall–Kier alpha value is -2.45. The highest BCUT2D eigenvalue weighted by molar-refractivity contribution is 6.36. The highest BCUT2D eigenvalue weighted by atomic mass is 35.5. The Morgan fingerprint density at radius 3 is 2.54 bits per heavy atom. The van der Waals surface area contributed by atoms with Crippen LogP contribution in [0.3, 0.4) is 0 Å². The van der Waals surface area contributed by atoms with E-state index in [4.69, 9.17) is 27.7 Å². The summed E-state index contributed by atoms with van der Waals surface area (Å²) in [4.78, 5) is 24.5. The molecule has 35 heavy (non-hydrogen) atoms. The molecule has 2 aliphatic rings. The van der Waals surface area contributed by atoms with Crippen LogP contribution in [0, 0.1) is 5.92 Å². The first-order valence-electron chi connectivity index (χ1n) is 12.1. The van der Waals surface area contributed by atoms with Crippen molar-refractivity contribution in [3.8, 4) is 11.4 Å². The van der Waals surface area contributed by atoms with E-state index in [0.29, 0.717) is 40.4 Å². The molecule has 0 bridgehead atoms. The Morgan fingerprint density at radius 1 is 0.971 bits per heavy atom. The van der Waals surface area contributed by atoms with Crippen LogP contribution in [-0.4, -0.2) is 70.0 Å². The molecule has 184 valence electrons. The van der Waals surface area contributed by atoms with Gasteiger partial charge in [-0.3, -0.25) is 14.6 Å². The summed E-state index contributed by atoms with van der Waals surface area (Å²) in [5, 5.41) is 5.13. The van der Waals surface area contributed by atoms with Crippen molar-refractivity contribution in [2.75, 3.05) is 39.3 Å². The van der Waals surface area contributed by atoms with Crippen molar-refractivity contribution in [2.24, 2.45) is 5.92 Å². The predicted octanol–water partition coefficient (Wildman–Crippen LogP) is 4.60. The highest BCUT2D eigenvalue weighted by Crippen LogP contribution is 2.29. The van der Waals surface area contributed by atoms with Crippen molar-refractivity contribution in [1.82, 2.24) is 24.8 Å². The molecular formula is C26H29Cl2N5O2. The maximum atomic E-state index is 13.3. The van der Waals surface area contributed by atoms with Gasteiger partial charge in [-0.1, -0.05) is 58.7 Å². The third-order valence-corrected chi connectivity index (χ3v) is 7.33. The molecular weight excluding hydrogens is 485 g/mol. The molecule has 3 aromatic rings. The van der Waals surface area contributed by atoms with Crippen LogP contribution in [-0.2, 0) is 17.9 Å². The quantitative estimate of drug-likeness (QED) is 0.479. The van der Waals surface area contributed by atoms with E-state index in [-0.39, 0.29) is 11.8 Å². The van der Waals surface area contributed by atoms with Gasteiger partial charge in [0.1, 0.15) is 0 Å². The highest BCUT2D eigenvalue weighted by Gasteiger charge is 2.31. The SMILES string of the molecule is O=C(C1CCCN(Cc2nc(-c3ccc(Cl)cc3Cl)no2)C1)N1CCN(Cc2ccccc2)CC1. The van der Waals surface area contributed by atoms with E-state index in [9.17, 15) is 4.79 Å². The molecule has 2 aliphatic heterocycles. The number of amides is 1. The fourth-order valence-corrected chi connectivity index (χ4v) is 5.41.